The third-order valence-electron chi connectivity index (χ3n) is 3.78. The zero-order valence-corrected chi connectivity index (χ0v) is 14.0. The Kier molecular flexibility index (Phi) is 14.8. The Morgan fingerprint density at radius 1 is 0.909 bits per heavy atom. The number of hydrogen-bond acceptors (Lipinski definition) is 4. The molecule has 0 rings (SSSR count). The average molecular weight is 313 g/mol. The Labute approximate surface area is 135 Å². The van der Waals surface area contributed by atoms with Gasteiger partial charge in [-0.3, -0.25) is 0 Å². The molecule has 0 aliphatic heterocycles. The van der Waals surface area contributed by atoms with Crippen LogP contribution in [0.15, 0.2) is 24.3 Å². The van der Waals surface area contributed by atoms with Crippen LogP contribution in [-0.4, -0.2) is 40.2 Å². The standard InChI is InChI=1S/C18H35NO3/c1-2-3-4-5-6-7-8-9-10-11-12-13-14-17(21)18(22)16(19)15-20/h10-13,16-18,20-22H,2-9,14-15,19H2,1H3. The Bertz CT molecular complexity index is 292. The highest BCUT2D eigenvalue weighted by atomic mass is 16.3. The van der Waals surface area contributed by atoms with Gasteiger partial charge in [-0.05, 0) is 19.3 Å². The molecule has 4 heteroatoms. The lowest BCUT2D eigenvalue weighted by atomic mass is 10.0. The fourth-order valence-electron chi connectivity index (χ4n) is 2.22. The minimum Gasteiger partial charge on any atom is -0.395 e. The van der Waals surface area contributed by atoms with Crippen LogP contribution in [0.3, 0.4) is 0 Å². The molecule has 3 unspecified atom stereocenters. The van der Waals surface area contributed by atoms with Crippen molar-refractivity contribution in [3.8, 4) is 0 Å². The second-order valence-corrected chi connectivity index (χ2v) is 5.91. The van der Waals surface area contributed by atoms with Gasteiger partial charge < -0.3 is 21.1 Å². The predicted octanol–water partition coefficient (Wildman–Crippen LogP) is 2.67. The van der Waals surface area contributed by atoms with Crippen LogP contribution in [0.4, 0.5) is 0 Å². The summed E-state index contributed by atoms with van der Waals surface area (Å²) in [4.78, 5) is 0. The molecule has 0 aromatic rings. The number of hydrogen-bond donors (Lipinski definition) is 4. The molecule has 0 saturated carbocycles. The van der Waals surface area contributed by atoms with E-state index in [9.17, 15) is 10.2 Å². The molecule has 0 saturated heterocycles. The van der Waals surface area contributed by atoms with Crippen LogP contribution in [0.2, 0.25) is 0 Å². The summed E-state index contributed by atoms with van der Waals surface area (Å²) in [7, 11) is 0. The first-order valence-electron chi connectivity index (χ1n) is 8.67. The van der Waals surface area contributed by atoms with E-state index in [0.29, 0.717) is 6.42 Å². The SMILES string of the molecule is CCCCCCCCCC=CC=CCC(O)C(O)C(N)CO. The Morgan fingerprint density at radius 3 is 2.14 bits per heavy atom. The first kappa shape index (κ1) is 21.3. The number of nitrogens with two attached hydrogens (primary N) is 1. The molecule has 0 radical (unpaired) electrons. The first-order valence-corrected chi connectivity index (χ1v) is 8.67. The highest BCUT2D eigenvalue weighted by Crippen LogP contribution is 2.08. The second-order valence-electron chi connectivity index (χ2n) is 5.91. The van der Waals surface area contributed by atoms with Crippen molar-refractivity contribution < 1.29 is 15.3 Å². The van der Waals surface area contributed by atoms with Gasteiger partial charge in [0.1, 0.15) is 0 Å². The quantitative estimate of drug-likeness (QED) is 0.293. The summed E-state index contributed by atoms with van der Waals surface area (Å²) < 4.78 is 0. The van der Waals surface area contributed by atoms with Gasteiger partial charge in [-0.25, -0.2) is 0 Å². The maximum Gasteiger partial charge on any atom is 0.0974 e. The number of aliphatic hydroxyl groups is 3. The van der Waals surface area contributed by atoms with Crippen molar-refractivity contribution in [2.45, 2.75) is 83.0 Å². The summed E-state index contributed by atoms with van der Waals surface area (Å²) in [6.07, 6.45) is 16.4. The molecular weight excluding hydrogens is 278 g/mol. The van der Waals surface area contributed by atoms with Gasteiger partial charge in [0.05, 0.1) is 24.9 Å². The van der Waals surface area contributed by atoms with E-state index in [1.807, 2.05) is 12.2 Å². The Morgan fingerprint density at radius 2 is 1.50 bits per heavy atom. The van der Waals surface area contributed by atoms with Crippen molar-refractivity contribution in [3.63, 3.8) is 0 Å². The van der Waals surface area contributed by atoms with E-state index in [2.05, 4.69) is 13.0 Å². The minimum absolute atomic E-state index is 0.330. The molecule has 0 amide bonds. The molecule has 130 valence electrons. The van der Waals surface area contributed by atoms with E-state index < -0.39 is 18.2 Å². The van der Waals surface area contributed by atoms with Crippen molar-refractivity contribution >= 4 is 0 Å². The minimum atomic E-state index is -1.09. The summed E-state index contributed by atoms with van der Waals surface area (Å²) in [5.74, 6) is 0. The average Bonchev–Trinajstić information content (AvgIpc) is 2.54. The molecular formula is C18H35NO3. The van der Waals surface area contributed by atoms with Crippen molar-refractivity contribution in [2.24, 2.45) is 5.73 Å². The van der Waals surface area contributed by atoms with Gasteiger partial charge in [0, 0.05) is 0 Å². The van der Waals surface area contributed by atoms with Crippen LogP contribution in [0.5, 0.6) is 0 Å². The van der Waals surface area contributed by atoms with Crippen LogP contribution in [0.1, 0.15) is 64.7 Å². The maximum atomic E-state index is 9.66. The maximum absolute atomic E-state index is 9.66. The molecule has 0 aromatic heterocycles. The molecule has 0 spiro atoms. The van der Waals surface area contributed by atoms with Crippen LogP contribution in [0.25, 0.3) is 0 Å². The first-order chi connectivity index (χ1) is 10.6. The van der Waals surface area contributed by atoms with Gasteiger partial charge in [0.2, 0.25) is 0 Å². The van der Waals surface area contributed by atoms with Gasteiger partial charge in [-0.15, -0.1) is 0 Å². The van der Waals surface area contributed by atoms with Gasteiger partial charge in [0.25, 0.3) is 0 Å². The molecule has 4 nitrogen and oxygen atoms in total. The van der Waals surface area contributed by atoms with Gasteiger partial charge in [-0.1, -0.05) is 69.8 Å². The lowest BCUT2D eigenvalue weighted by Gasteiger charge is -2.20. The van der Waals surface area contributed by atoms with E-state index >= 15 is 0 Å². The summed E-state index contributed by atoms with van der Waals surface area (Å²) in [5, 5.41) is 28.0. The Hall–Kier alpha value is -0.680. The van der Waals surface area contributed by atoms with Crippen LogP contribution >= 0.6 is 0 Å². The lowest BCUT2D eigenvalue weighted by molar-refractivity contribution is -0.00516. The fraction of sp³-hybridized carbons (Fsp3) is 0.778. The lowest BCUT2D eigenvalue weighted by Crippen LogP contribution is -2.45. The van der Waals surface area contributed by atoms with Gasteiger partial charge in [-0.2, -0.15) is 0 Å². The molecule has 0 heterocycles. The van der Waals surface area contributed by atoms with E-state index in [-0.39, 0.29) is 6.61 Å². The van der Waals surface area contributed by atoms with Crippen LogP contribution in [0, 0.1) is 0 Å². The zero-order chi connectivity index (χ0) is 16.6. The van der Waals surface area contributed by atoms with E-state index in [4.69, 9.17) is 10.8 Å². The summed E-state index contributed by atoms with van der Waals surface area (Å²) >= 11 is 0. The van der Waals surface area contributed by atoms with Crippen molar-refractivity contribution in [1.29, 1.82) is 0 Å². The van der Waals surface area contributed by atoms with Gasteiger partial charge in [0.15, 0.2) is 0 Å². The molecule has 0 bridgehead atoms. The van der Waals surface area contributed by atoms with Crippen molar-refractivity contribution in [2.75, 3.05) is 6.61 Å². The molecule has 22 heavy (non-hydrogen) atoms. The molecule has 5 N–H and O–H groups in total. The van der Waals surface area contributed by atoms with Gasteiger partial charge >= 0.3 is 0 Å². The third kappa shape index (κ3) is 11.9. The third-order valence-corrected chi connectivity index (χ3v) is 3.78. The molecule has 0 aliphatic rings. The molecule has 0 aliphatic carbocycles. The molecule has 0 aromatic carbocycles. The topological polar surface area (TPSA) is 86.7 Å². The smallest absolute Gasteiger partial charge is 0.0974 e. The Balaban J connectivity index is 3.56. The predicted molar refractivity (Wildman–Crippen MR) is 92.6 cm³/mol. The van der Waals surface area contributed by atoms with Crippen molar-refractivity contribution in [1.82, 2.24) is 0 Å². The van der Waals surface area contributed by atoms with Crippen LogP contribution < -0.4 is 5.73 Å². The highest BCUT2D eigenvalue weighted by molar-refractivity contribution is 5.03. The van der Waals surface area contributed by atoms with Crippen molar-refractivity contribution in [3.05, 3.63) is 24.3 Å². The largest absolute Gasteiger partial charge is 0.395 e. The molecule has 0 fully saturated rings. The van der Waals surface area contributed by atoms with E-state index in [0.717, 1.165) is 6.42 Å². The second kappa shape index (κ2) is 15.2. The summed E-state index contributed by atoms with van der Waals surface area (Å²) in [6.45, 7) is 1.90. The number of allylic oxidation sites excluding steroid dienone is 3. The van der Waals surface area contributed by atoms with Crippen LogP contribution in [-0.2, 0) is 0 Å². The molecule has 3 atom stereocenters. The highest BCUT2D eigenvalue weighted by Gasteiger charge is 2.21. The normalized spacial score (nSPS) is 16.4. The monoisotopic (exact) mass is 313 g/mol. The summed E-state index contributed by atoms with van der Waals surface area (Å²) in [5.41, 5.74) is 5.46. The number of rotatable bonds is 14. The number of unbranched alkanes of at least 4 members (excludes halogenated alkanes) is 7. The number of aliphatic hydroxyl groups excluding tert-OH is 3. The van der Waals surface area contributed by atoms with E-state index in [1.54, 1.807) is 6.08 Å². The summed E-state index contributed by atoms with van der Waals surface area (Å²) in [6, 6.07) is -0.795. The van der Waals surface area contributed by atoms with E-state index in [1.165, 1.54) is 44.9 Å². The fourth-order valence-corrected chi connectivity index (χ4v) is 2.22. The zero-order valence-electron chi connectivity index (χ0n) is 14.0.